The predicted octanol–water partition coefficient (Wildman–Crippen LogP) is 2.62. The maximum Gasteiger partial charge on any atom is 0.416 e. The lowest BCUT2D eigenvalue weighted by molar-refractivity contribution is -0.190. The lowest BCUT2D eigenvalue weighted by atomic mass is 9.98. The molecule has 0 radical (unpaired) electrons. The molecule has 2 aliphatic rings. The molecular weight excluding hydrogens is 237 g/mol. The van der Waals surface area contributed by atoms with Crippen LogP contribution in [0.4, 0.5) is 13.2 Å². The number of fused-ring (bicyclic) bond motifs is 1. The molecule has 2 saturated heterocycles. The van der Waals surface area contributed by atoms with Crippen molar-refractivity contribution in [3.63, 3.8) is 0 Å². The van der Waals surface area contributed by atoms with Gasteiger partial charge in [-0.3, -0.25) is 4.90 Å². The quantitative estimate of drug-likeness (QED) is 0.715. The van der Waals surface area contributed by atoms with E-state index in [1.54, 1.807) is 0 Å². The fraction of sp³-hybridized carbons (Fsp3) is 0.900. The van der Waals surface area contributed by atoms with Crippen LogP contribution < -0.4 is 0 Å². The molecule has 0 bridgehead atoms. The average molecular weight is 250 g/mol. The van der Waals surface area contributed by atoms with Gasteiger partial charge in [-0.1, -0.05) is 0 Å². The zero-order chi connectivity index (χ0) is 12.0. The second-order valence-electron chi connectivity index (χ2n) is 4.33. The molecule has 16 heavy (non-hydrogen) atoms. The van der Waals surface area contributed by atoms with Gasteiger partial charge in [0.05, 0.1) is 12.0 Å². The van der Waals surface area contributed by atoms with Crippen molar-refractivity contribution in [1.82, 2.24) is 4.90 Å². The summed E-state index contributed by atoms with van der Waals surface area (Å²) in [6.45, 7) is 0.462. The fourth-order valence-electron chi connectivity index (χ4n) is 2.94. The van der Waals surface area contributed by atoms with Crippen LogP contribution >= 0.6 is 11.8 Å². The Kier molecular flexibility index (Phi) is 2.87. The molecule has 0 saturated carbocycles. The van der Waals surface area contributed by atoms with E-state index < -0.39 is 17.0 Å². The summed E-state index contributed by atoms with van der Waals surface area (Å²) in [5.41, 5.74) is 0. The summed E-state index contributed by atoms with van der Waals surface area (Å²) < 4.78 is 39.6. The van der Waals surface area contributed by atoms with Crippen LogP contribution in [0.15, 0.2) is 0 Å². The lowest BCUT2D eigenvalue weighted by Crippen LogP contribution is -2.52. The highest BCUT2D eigenvalue weighted by Gasteiger charge is 2.66. The summed E-state index contributed by atoms with van der Waals surface area (Å²) in [6, 6.07) is 1.85. The summed E-state index contributed by atoms with van der Waals surface area (Å²) in [5.74, 6) is -0.475. The Morgan fingerprint density at radius 3 is 2.69 bits per heavy atom. The van der Waals surface area contributed by atoms with Crippen LogP contribution in [0.1, 0.15) is 19.3 Å². The number of nitriles is 1. The van der Waals surface area contributed by atoms with E-state index in [1.165, 1.54) is 11.2 Å². The average Bonchev–Trinajstić information content (AvgIpc) is 2.75. The first kappa shape index (κ1) is 12.1. The Labute approximate surface area is 96.8 Å². The zero-order valence-electron chi connectivity index (χ0n) is 8.92. The molecule has 2 aliphatic heterocycles. The molecule has 90 valence electrons. The molecular formula is C10H13F3N2S. The Hall–Kier alpha value is -0.410. The molecule has 2 fully saturated rings. The summed E-state index contributed by atoms with van der Waals surface area (Å²) >= 11 is 0.832. The molecule has 0 N–H and O–H groups in total. The van der Waals surface area contributed by atoms with Gasteiger partial charge in [0, 0.05) is 19.0 Å². The van der Waals surface area contributed by atoms with Crippen LogP contribution in [0.25, 0.3) is 0 Å². The van der Waals surface area contributed by atoms with E-state index in [9.17, 15) is 13.2 Å². The highest BCUT2D eigenvalue weighted by Crippen LogP contribution is 2.55. The third kappa shape index (κ3) is 1.45. The number of halogens is 3. The number of hydrogen-bond acceptors (Lipinski definition) is 3. The van der Waals surface area contributed by atoms with E-state index in [1.807, 2.05) is 6.07 Å². The maximum absolute atomic E-state index is 13.2. The van der Waals surface area contributed by atoms with Crippen molar-refractivity contribution in [2.75, 3.05) is 12.8 Å². The molecule has 3 atom stereocenters. The van der Waals surface area contributed by atoms with E-state index in [4.69, 9.17) is 5.26 Å². The van der Waals surface area contributed by atoms with E-state index in [0.717, 1.165) is 24.6 Å². The third-order valence-electron chi connectivity index (χ3n) is 3.67. The number of rotatable bonds is 1. The van der Waals surface area contributed by atoms with Crippen LogP contribution in [-0.2, 0) is 0 Å². The second kappa shape index (κ2) is 3.81. The van der Waals surface area contributed by atoms with Crippen LogP contribution in [0.2, 0.25) is 0 Å². The third-order valence-corrected chi connectivity index (χ3v) is 4.98. The SMILES string of the molecule is CS[C@]1(C(F)(F)F)C[C@@H](C#N)[C@H]2CCCN21. The van der Waals surface area contributed by atoms with E-state index >= 15 is 0 Å². The van der Waals surface area contributed by atoms with E-state index in [-0.39, 0.29) is 12.5 Å². The minimum absolute atomic E-state index is 0.0845. The molecule has 0 aliphatic carbocycles. The molecule has 2 nitrogen and oxygen atoms in total. The molecule has 0 unspecified atom stereocenters. The Morgan fingerprint density at radius 1 is 1.50 bits per heavy atom. The highest BCUT2D eigenvalue weighted by atomic mass is 32.2. The summed E-state index contributed by atoms with van der Waals surface area (Å²) in [4.78, 5) is -0.319. The normalized spacial score (nSPS) is 39.7. The number of thioether (sulfide) groups is 1. The Balaban J connectivity index is 2.38. The molecule has 0 aromatic heterocycles. The molecule has 0 spiro atoms. The van der Waals surface area contributed by atoms with Gasteiger partial charge in [0.25, 0.3) is 0 Å². The lowest BCUT2D eigenvalue weighted by Gasteiger charge is -2.38. The minimum Gasteiger partial charge on any atom is -0.277 e. The molecule has 2 rings (SSSR count). The standard InChI is InChI=1S/C10H13F3N2S/c1-16-9(10(11,12)13)5-7(6-14)8-3-2-4-15(8)9/h7-8H,2-5H2,1H3/t7-,8+,9-/m0/s1. The molecule has 2 heterocycles. The molecule has 0 aromatic rings. The first-order valence-electron chi connectivity index (χ1n) is 5.24. The summed E-state index contributed by atoms with van der Waals surface area (Å²) in [5, 5.41) is 8.95. The van der Waals surface area contributed by atoms with Crippen molar-refractivity contribution in [3.8, 4) is 6.07 Å². The fourth-order valence-corrected chi connectivity index (χ4v) is 3.98. The Bertz CT molecular complexity index is 325. The van der Waals surface area contributed by atoms with Crippen molar-refractivity contribution in [2.45, 2.75) is 36.4 Å². The van der Waals surface area contributed by atoms with Crippen molar-refractivity contribution in [3.05, 3.63) is 0 Å². The first-order valence-corrected chi connectivity index (χ1v) is 6.47. The largest absolute Gasteiger partial charge is 0.416 e. The zero-order valence-corrected chi connectivity index (χ0v) is 9.74. The van der Waals surface area contributed by atoms with E-state index in [2.05, 4.69) is 0 Å². The van der Waals surface area contributed by atoms with Gasteiger partial charge >= 0.3 is 6.18 Å². The highest BCUT2D eigenvalue weighted by molar-refractivity contribution is 8.00. The molecule has 0 aromatic carbocycles. The summed E-state index contributed by atoms with van der Waals surface area (Å²) in [7, 11) is 0. The Morgan fingerprint density at radius 2 is 2.19 bits per heavy atom. The van der Waals surface area contributed by atoms with Crippen molar-refractivity contribution in [2.24, 2.45) is 5.92 Å². The van der Waals surface area contributed by atoms with Crippen molar-refractivity contribution >= 4 is 11.8 Å². The minimum atomic E-state index is -4.26. The van der Waals surface area contributed by atoms with Gasteiger partial charge in [-0.15, -0.1) is 11.8 Å². The number of alkyl halides is 3. The molecule has 0 amide bonds. The predicted molar refractivity (Wildman–Crippen MR) is 55.7 cm³/mol. The van der Waals surface area contributed by atoms with Crippen LogP contribution in [-0.4, -0.2) is 34.8 Å². The van der Waals surface area contributed by atoms with Crippen LogP contribution in [0, 0.1) is 17.2 Å². The van der Waals surface area contributed by atoms with Crippen molar-refractivity contribution < 1.29 is 13.2 Å². The summed E-state index contributed by atoms with van der Waals surface area (Å²) in [6.07, 6.45) is -1.38. The van der Waals surface area contributed by atoms with E-state index in [0.29, 0.717) is 6.54 Å². The number of nitrogens with zero attached hydrogens (tertiary/aromatic N) is 2. The maximum atomic E-state index is 13.2. The first-order chi connectivity index (χ1) is 7.46. The van der Waals surface area contributed by atoms with Gasteiger partial charge in [-0.25, -0.2) is 0 Å². The monoisotopic (exact) mass is 250 g/mol. The molecule has 6 heteroatoms. The number of hydrogen-bond donors (Lipinski definition) is 0. The van der Waals surface area contributed by atoms with Gasteiger partial charge in [0.2, 0.25) is 0 Å². The van der Waals surface area contributed by atoms with Gasteiger partial charge in [0.1, 0.15) is 0 Å². The van der Waals surface area contributed by atoms with Gasteiger partial charge in [-0.2, -0.15) is 18.4 Å². The van der Waals surface area contributed by atoms with Gasteiger partial charge < -0.3 is 0 Å². The van der Waals surface area contributed by atoms with Gasteiger partial charge in [0.15, 0.2) is 4.87 Å². The van der Waals surface area contributed by atoms with Gasteiger partial charge in [-0.05, 0) is 19.1 Å². The topological polar surface area (TPSA) is 27.0 Å². The second-order valence-corrected chi connectivity index (χ2v) is 5.41. The van der Waals surface area contributed by atoms with Crippen LogP contribution in [0.5, 0.6) is 0 Å². The van der Waals surface area contributed by atoms with Crippen LogP contribution in [0.3, 0.4) is 0 Å². The van der Waals surface area contributed by atoms with Crippen molar-refractivity contribution in [1.29, 1.82) is 5.26 Å². The smallest absolute Gasteiger partial charge is 0.277 e.